The second kappa shape index (κ2) is 6.97. The second-order valence-corrected chi connectivity index (χ2v) is 6.20. The van der Waals surface area contributed by atoms with Crippen LogP contribution in [0.3, 0.4) is 0 Å². The van der Waals surface area contributed by atoms with Crippen molar-refractivity contribution in [2.75, 3.05) is 25.0 Å². The number of rotatable bonds is 4. The van der Waals surface area contributed by atoms with Crippen molar-refractivity contribution in [1.29, 1.82) is 0 Å². The molecular weight excluding hydrogens is 304 g/mol. The fourth-order valence-electron chi connectivity index (χ4n) is 3.09. The van der Waals surface area contributed by atoms with E-state index in [0.717, 1.165) is 24.3 Å². The first-order chi connectivity index (χ1) is 11.6. The van der Waals surface area contributed by atoms with Crippen LogP contribution in [0.25, 0.3) is 11.4 Å². The SMILES string of the molecule is CNC(=O)CC1(O)CCCN(c2ccnc(-c3ccccc3)n2)C1. The van der Waals surface area contributed by atoms with Gasteiger partial charge in [-0.2, -0.15) is 0 Å². The third-order valence-electron chi connectivity index (χ3n) is 4.32. The van der Waals surface area contributed by atoms with Gasteiger partial charge in [-0.1, -0.05) is 30.3 Å². The highest BCUT2D eigenvalue weighted by atomic mass is 16.3. The van der Waals surface area contributed by atoms with Gasteiger partial charge in [0.1, 0.15) is 5.82 Å². The summed E-state index contributed by atoms with van der Waals surface area (Å²) in [4.78, 5) is 22.7. The first-order valence-electron chi connectivity index (χ1n) is 8.16. The number of aromatic nitrogens is 2. The van der Waals surface area contributed by atoms with Gasteiger partial charge < -0.3 is 15.3 Å². The van der Waals surface area contributed by atoms with E-state index >= 15 is 0 Å². The van der Waals surface area contributed by atoms with Gasteiger partial charge in [-0.25, -0.2) is 9.97 Å². The van der Waals surface area contributed by atoms with Gasteiger partial charge in [-0.05, 0) is 18.9 Å². The molecule has 1 amide bonds. The Kier molecular flexibility index (Phi) is 4.76. The maximum Gasteiger partial charge on any atom is 0.222 e. The van der Waals surface area contributed by atoms with E-state index in [1.807, 2.05) is 41.3 Å². The zero-order chi connectivity index (χ0) is 17.0. The van der Waals surface area contributed by atoms with Crippen LogP contribution in [-0.4, -0.2) is 46.7 Å². The summed E-state index contributed by atoms with van der Waals surface area (Å²) in [5.41, 5.74) is -0.0621. The molecule has 2 heterocycles. The minimum absolute atomic E-state index is 0.108. The summed E-state index contributed by atoms with van der Waals surface area (Å²) in [6.45, 7) is 1.20. The molecule has 2 aromatic rings. The maximum absolute atomic E-state index is 11.7. The van der Waals surface area contributed by atoms with Crippen LogP contribution in [0.5, 0.6) is 0 Å². The number of piperidine rings is 1. The van der Waals surface area contributed by atoms with Gasteiger partial charge >= 0.3 is 0 Å². The fraction of sp³-hybridized carbons (Fsp3) is 0.389. The van der Waals surface area contributed by atoms with E-state index in [1.54, 1.807) is 13.2 Å². The Morgan fingerprint density at radius 1 is 1.33 bits per heavy atom. The number of amides is 1. The van der Waals surface area contributed by atoms with Crippen LogP contribution >= 0.6 is 0 Å². The third kappa shape index (κ3) is 3.71. The summed E-state index contributed by atoms with van der Waals surface area (Å²) in [6, 6.07) is 11.6. The molecule has 126 valence electrons. The molecule has 6 heteroatoms. The number of hydrogen-bond donors (Lipinski definition) is 2. The molecule has 1 unspecified atom stereocenters. The number of carbonyl (C=O) groups is 1. The van der Waals surface area contributed by atoms with Gasteiger partial charge in [-0.3, -0.25) is 4.79 Å². The molecule has 0 bridgehead atoms. The quantitative estimate of drug-likeness (QED) is 0.892. The number of benzene rings is 1. The van der Waals surface area contributed by atoms with Gasteiger partial charge in [0.05, 0.1) is 12.0 Å². The number of aliphatic hydroxyl groups is 1. The third-order valence-corrected chi connectivity index (χ3v) is 4.32. The highest BCUT2D eigenvalue weighted by Crippen LogP contribution is 2.28. The number of anilines is 1. The molecule has 3 rings (SSSR count). The van der Waals surface area contributed by atoms with E-state index in [4.69, 9.17) is 0 Å². The second-order valence-electron chi connectivity index (χ2n) is 6.20. The minimum atomic E-state index is -1.02. The van der Waals surface area contributed by atoms with Crippen LogP contribution in [0.2, 0.25) is 0 Å². The Bertz CT molecular complexity index is 707. The highest BCUT2D eigenvalue weighted by Gasteiger charge is 2.35. The molecule has 1 aliphatic heterocycles. The molecule has 1 atom stereocenters. The predicted octanol–water partition coefficient (Wildman–Crippen LogP) is 1.61. The van der Waals surface area contributed by atoms with Crippen molar-refractivity contribution in [3.05, 3.63) is 42.6 Å². The van der Waals surface area contributed by atoms with Crippen LogP contribution < -0.4 is 10.2 Å². The van der Waals surface area contributed by atoms with Crippen molar-refractivity contribution in [2.24, 2.45) is 0 Å². The van der Waals surface area contributed by atoms with E-state index in [1.165, 1.54) is 0 Å². The van der Waals surface area contributed by atoms with E-state index in [-0.39, 0.29) is 12.3 Å². The Morgan fingerprint density at radius 2 is 2.12 bits per heavy atom. The van der Waals surface area contributed by atoms with Crippen LogP contribution in [-0.2, 0) is 4.79 Å². The van der Waals surface area contributed by atoms with Gasteiger partial charge in [0.15, 0.2) is 5.82 Å². The topological polar surface area (TPSA) is 78.4 Å². The molecule has 1 saturated heterocycles. The van der Waals surface area contributed by atoms with Crippen molar-refractivity contribution in [1.82, 2.24) is 15.3 Å². The summed E-state index contributed by atoms with van der Waals surface area (Å²) in [5.74, 6) is 1.29. The average molecular weight is 326 g/mol. The Morgan fingerprint density at radius 3 is 2.88 bits per heavy atom. The largest absolute Gasteiger partial charge is 0.388 e. The number of β-amino-alcohol motifs (C(OH)–C–C–N with tert-alkyl or cyclic N) is 1. The van der Waals surface area contributed by atoms with Crippen LogP contribution in [0, 0.1) is 0 Å². The lowest BCUT2D eigenvalue weighted by Crippen LogP contribution is -2.50. The monoisotopic (exact) mass is 326 g/mol. The van der Waals surface area contributed by atoms with Crippen molar-refractivity contribution < 1.29 is 9.90 Å². The van der Waals surface area contributed by atoms with Crippen LogP contribution in [0.15, 0.2) is 42.6 Å². The molecule has 1 aromatic carbocycles. The molecule has 6 nitrogen and oxygen atoms in total. The average Bonchev–Trinajstić information content (AvgIpc) is 2.62. The predicted molar refractivity (Wildman–Crippen MR) is 92.5 cm³/mol. The highest BCUT2D eigenvalue weighted by molar-refractivity contribution is 5.76. The summed E-state index contributed by atoms with van der Waals surface area (Å²) in [5, 5.41) is 13.3. The van der Waals surface area contributed by atoms with E-state index in [2.05, 4.69) is 15.3 Å². The van der Waals surface area contributed by atoms with Crippen LogP contribution in [0.4, 0.5) is 5.82 Å². The number of nitrogens with one attached hydrogen (secondary N) is 1. The molecule has 0 saturated carbocycles. The van der Waals surface area contributed by atoms with Gasteiger partial charge in [0.25, 0.3) is 0 Å². The Labute approximate surface area is 141 Å². The zero-order valence-corrected chi connectivity index (χ0v) is 13.8. The normalized spacial score (nSPS) is 20.7. The first-order valence-corrected chi connectivity index (χ1v) is 8.16. The van der Waals surface area contributed by atoms with E-state index in [9.17, 15) is 9.90 Å². The maximum atomic E-state index is 11.7. The Hall–Kier alpha value is -2.47. The Balaban J connectivity index is 1.80. The minimum Gasteiger partial charge on any atom is -0.388 e. The lowest BCUT2D eigenvalue weighted by atomic mass is 9.89. The summed E-state index contributed by atoms with van der Waals surface area (Å²) in [6.07, 6.45) is 3.28. The van der Waals surface area contributed by atoms with E-state index in [0.29, 0.717) is 18.8 Å². The molecule has 1 aliphatic rings. The van der Waals surface area contributed by atoms with Crippen molar-refractivity contribution >= 4 is 11.7 Å². The molecule has 1 aromatic heterocycles. The number of hydrogen-bond acceptors (Lipinski definition) is 5. The number of carbonyl (C=O) groups excluding carboxylic acids is 1. The fourth-order valence-corrected chi connectivity index (χ4v) is 3.09. The van der Waals surface area contributed by atoms with E-state index < -0.39 is 5.60 Å². The van der Waals surface area contributed by atoms with Gasteiger partial charge in [-0.15, -0.1) is 0 Å². The molecule has 0 aliphatic carbocycles. The first kappa shape index (κ1) is 16.4. The lowest BCUT2D eigenvalue weighted by molar-refractivity contribution is -0.125. The molecule has 0 spiro atoms. The van der Waals surface area contributed by atoms with Crippen LogP contribution in [0.1, 0.15) is 19.3 Å². The van der Waals surface area contributed by atoms with Gasteiger partial charge in [0.2, 0.25) is 5.91 Å². The standard InChI is InChI=1S/C18H22N4O2/c1-19-16(23)12-18(24)9-5-11-22(13-18)15-8-10-20-17(21-15)14-6-3-2-4-7-14/h2-4,6-8,10,24H,5,9,11-13H2,1H3,(H,19,23). The lowest BCUT2D eigenvalue weighted by Gasteiger charge is -2.39. The van der Waals surface area contributed by atoms with Crippen molar-refractivity contribution in [3.63, 3.8) is 0 Å². The zero-order valence-electron chi connectivity index (χ0n) is 13.8. The van der Waals surface area contributed by atoms with Gasteiger partial charge in [0, 0.05) is 31.9 Å². The molecular formula is C18H22N4O2. The van der Waals surface area contributed by atoms with Crippen molar-refractivity contribution in [3.8, 4) is 11.4 Å². The number of nitrogens with zero attached hydrogens (tertiary/aromatic N) is 3. The summed E-state index contributed by atoms with van der Waals surface area (Å²) in [7, 11) is 1.59. The molecule has 2 N–H and O–H groups in total. The summed E-state index contributed by atoms with van der Waals surface area (Å²) >= 11 is 0. The summed E-state index contributed by atoms with van der Waals surface area (Å²) < 4.78 is 0. The molecule has 0 radical (unpaired) electrons. The molecule has 24 heavy (non-hydrogen) atoms. The molecule has 1 fully saturated rings. The smallest absolute Gasteiger partial charge is 0.222 e. The van der Waals surface area contributed by atoms with Crippen molar-refractivity contribution in [2.45, 2.75) is 24.9 Å².